The topological polar surface area (TPSA) is 143 Å². The first-order chi connectivity index (χ1) is 22.2. The summed E-state index contributed by atoms with van der Waals surface area (Å²) >= 11 is 2.68. The van der Waals surface area contributed by atoms with Crippen molar-refractivity contribution in [3.05, 3.63) is 141 Å². The molecule has 0 bridgehead atoms. The van der Waals surface area contributed by atoms with Crippen molar-refractivity contribution in [3.63, 3.8) is 0 Å². The SMILES string of the molecule is Cc1ccc(-c2csc(NC(=O)CSc3ccc(NC(=O)/C(=C/c4ccccc4[N+](=O)[O-])NC(=O)c4ccccc4)cc3)n2)cc1. The fourth-order valence-electron chi connectivity index (χ4n) is 4.20. The van der Waals surface area contributed by atoms with E-state index in [0.29, 0.717) is 16.4 Å². The number of nitrogens with zero attached hydrogens (tertiary/aromatic N) is 2. The predicted octanol–water partition coefficient (Wildman–Crippen LogP) is 7.17. The molecule has 0 aliphatic rings. The summed E-state index contributed by atoms with van der Waals surface area (Å²) in [5, 5.41) is 22.1. The summed E-state index contributed by atoms with van der Waals surface area (Å²) in [6.07, 6.45) is 1.27. The molecule has 46 heavy (non-hydrogen) atoms. The van der Waals surface area contributed by atoms with Gasteiger partial charge in [-0.25, -0.2) is 4.98 Å². The number of hydrogen-bond donors (Lipinski definition) is 3. The zero-order valence-corrected chi connectivity index (χ0v) is 26.1. The van der Waals surface area contributed by atoms with Crippen LogP contribution in [0, 0.1) is 17.0 Å². The molecule has 5 aromatic rings. The predicted molar refractivity (Wildman–Crippen MR) is 182 cm³/mol. The number of nitro benzene ring substituents is 1. The molecule has 0 atom stereocenters. The lowest BCUT2D eigenvalue weighted by molar-refractivity contribution is -0.385. The Morgan fingerprint density at radius 2 is 1.59 bits per heavy atom. The van der Waals surface area contributed by atoms with Crippen LogP contribution in [0.1, 0.15) is 21.5 Å². The highest BCUT2D eigenvalue weighted by molar-refractivity contribution is 8.00. The van der Waals surface area contributed by atoms with E-state index in [9.17, 15) is 24.5 Å². The minimum absolute atomic E-state index is 0.152. The number of aryl methyl sites for hydroxylation is 1. The van der Waals surface area contributed by atoms with Crippen molar-refractivity contribution in [1.82, 2.24) is 10.3 Å². The number of para-hydroxylation sites is 1. The Bertz CT molecular complexity index is 1910. The standard InChI is InChI=1S/C34H27N5O5S2/c1-22-11-13-23(14-12-22)29-20-46-34(37-29)38-31(40)21-45-27-17-15-26(16-18-27)35-33(42)28(36-32(41)24-7-3-2-4-8-24)19-25-9-5-6-10-30(25)39(43)44/h2-20H,21H2,1H3,(H,35,42)(H,36,41)(H,37,38,40)/b28-19-. The molecule has 1 aromatic heterocycles. The maximum atomic E-state index is 13.3. The van der Waals surface area contributed by atoms with E-state index < -0.39 is 16.7 Å². The average Bonchev–Trinajstić information content (AvgIpc) is 3.53. The van der Waals surface area contributed by atoms with Gasteiger partial charge in [0.1, 0.15) is 5.70 Å². The highest BCUT2D eigenvalue weighted by Crippen LogP contribution is 2.26. The van der Waals surface area contributed by atoms with Gasteiger partial charge in [-0.2, -0.15) is 0 Å². The van der Waals surface area contributed by atoms with Gasteiger partial charge in [0.05, 0.1) is 21.9 Å². The number of rotatable bonds is 11. The second kappa shape index (κ2) is 14.9. The molecule has 0 aliphatic heterocycles. The molecule has 5 rings (SSSR count). The van der Waals surface area contributed by atoms with Crippen molar-refractivity contribution in [1.29, 1.82) is 0 Å². The first-order valence-corrected chi connectivity index (χ1v) is 15.8. The van der Waals surface area contributed by atoms with Crippen LogP contribution < -0.4 is 16.0 Å². The van der Waals surface area contributed by atoms with E-state index in [0.717, 1.165) is 21.7 Å². The molecule has 3 N–H and O–H groups in total. The number of anilines is 2. The van der Waals surface area contributed by atoms with Crippen molar-refractivity contribution in [2.45, 2.75) is 11.8 Å². The molecular weight excluding hydrogens is 623 g/mol. The Morgan fingerprint density at radius 3 is 2.30 bits per heavy atom. The molecular formula is C34H27N5O5S2. The summed E-state index contributed by atoms with van der Waals surface area (Å²) in [5.41, 5.74) is 3.44. The zero-order valence-electron chi connectivity index (χ0n) is 24.4. The van der Waals surface area contributed by atoms with Gasteiger partial charge in [-0.1, -0.05) is 60.2 Å². The lowest BCUT2D eigenvalue weighted by Gasteiger charge is -2.12. The highest BCUT2D eigenvalue weighted by atomic mass is 32.2. The summed E-state index contributed by atoms with van der Waals surface area (Å²) in [7, 11) is 0. The van der Waals surface area contributed by atoms with E-state index in [1.54, 1.807) is 60.7 Å². The van der Waals surface area contributed by atoms with E-state index in [2.05, 4.69) is 20.9 Å². The van der Waals surface area contributed by atoms with Crippen molar-refractivity contribution >= 4 is 63.4 Å². The van der Waals surface area contributed by atoms with Gasteiger partial charge in [0, 0.05) is 33.2 Å². The van der Waals surface area contributed by atoms with Crippen molar-refractivity contribution in [2.75, 3.05) is 16.4 Å². The van der Waals surface area contributed by atoms with Crippen LogP contribution in [0.15, 0.2) is 119 Å². The number of thiazole rings is 1. The van der Waals surface area contributed by atoms with Gasteiger partial charge in [0.25, 0.3) is 17.5 Å². The van der Waals surface area contributed by atoms with Crippen LogP contribution in [0.4, 0.5) is 16.5 Å². The van der Waals surface area contributed by atoms with Gasteiger partial charge in [-0.15, -0.1) is 23.1 Å². The minimum atomic E-state index is -0.671. The second-order valence-electron chi connectivity index (χ2n) is 9.91. The quantitative estimate of drug-likeness (QED) is 0.0596. The number of thioether (sulfide) groups is 1. The van der Waals surface area contributed by atoms with Crippen LogP contribution in [-0.2, 0) is 9.59 Å². The van der Waals surface area contributed by atoms with Crippen LogP contribution in [-0.4, -0.2) is 33.4 Å². The maximum Gasteiger partial charge on any atom is 0.276 e. The summed E-state index contributed by atoms with van der Waals surface area (Å²) in [6.45, 7) is 2.02. The van der Waals surface area contributed by atoms with E-state index >= 15 is 0 Å². The molecule has 12 heteroatoms. The Morgan fingerprint density at radius 1 is 0.891 bits per heavy atom. The molecule has 230 valence electrons. The number of benzene rings is 4. The molecule has 1 heterocycles. The Balaban J connectivity index is 1.22. The number of nitro groups is 1. The molecule has 0 fully saturated rings. The largest absolute Gasteiger partial charge is 0.321 e. The van der Waals surface area contributed by atoms with E-state index in [1.807, 2.05) is 36.6 Å². The molecule has 0 saturated carbocycles. The second-order valence-corrected chi connectivity index (χ2v) is 11.8. The maximum absolute atomic E-state index is 13.3. The van der Waals surface area contributed by atoms with E-state index in [-0.39, 0.29) is 28.6 Å². The van der Waals surface area contributed by atoms with Gasteiger partial charge in [-0.3, -0.25) is 24.5 Å². The van der Waals surface area contributed by atoms with Gasteiger partial charge < -0.3 is 16.0 Å². The lowest BCUT2D eigenvalue weighted by atomic mass is 10.1. The van der Waals surface area contributed by atoms with Crippen molar-refractivity contribution in [3.8, 4) is 11.3 Å². The van der Waals surface area contributed by atoms with Crippen LogP contribution in [0.5, 0.6) is 0 Å². The third-order valence-electron chi connectivity index (χ3n) is 6.54. The number of hydrogen-bond acceptors (Lipinski definition) is 8. The van der Waals surface area contributed by atoms with Crippen molar-refractivity contribution in [2.24, 2.45) is 0 Å². The molecule has 3 amide bonds. The Hall–Kier alpha value is -5.59. The third-order valence-corrected chi connectivity index (χ3v) is 8.31. The number of carbonyl (C=O) groups excluding carboxylic acids is 3. The summed E-state index contributed by atoms with van der Waals surface area (Å²) in [6, 6.07) is 29.1. The highest BCUT2D eigenvalue weighted by Gasteiger charge is 2.18. The van der Waals surface area contributed by atoms with Crippen LogP contribution in [0.25, 0.3) is 17.3 Å². The molecule has 4 aromatic carbocycles. The molecule has 0 radical (unpaired) electrons. The average molecular weight is 650 g/mol. The number of carbonyl (C=O) groups is 3. The molecule has 0 saturated heterocycles. The third kappa shape index (κ3) is 8.52. The van der Waals surface area contributed by atoms with E-state index in [1.165, 1.54) is 47.4 Å². The van der Waals surface area contributed by atoms with Gasteiger partial charge in [0.2, 0.25) is 5.91 Å². The van der Waals surface area contributed by atoms with E-state index in [4.69, 9.17) is 0 Å². The van der Waals surface area contributed by atoms with Gasteiger partial charge in [-0.05, 0) is 55.5 Å². The normalized spacial score (nSPS) is 11.0. The number of nitrogens with one attached hydrogen (secondary N) is 3. The first kappa shape index (κ1) is 31.8. The van der Waals surface area contributed by atoms with Gasteiger partial charge in [0.15, 0.2) is 5.13 Å². The molecule has 0 aliphatic carbocycles. The summed E-state index contributed by atoms with van der Waals surface area (Å²) in [4.78, 5) is 55.1. The first-order valence-electron chi connectivity index (χ1n) is 13.9. The van der Waals surface area contributed by atoms with Gasteiger partial charge >= 0.3 is 0 Å². The number of aromatic nitrogens is 1. The van der Waals surface area contributed by atoms with Crippen LogP contribution >= 0.6 is 23.1 Å². The summed E-state index contributed by atoms with van der Waals surface area (Å²) in [5.74, 6) is -1.27. The number of amides is 3. The fourth-order valence-corrected chi connectivity index (χ4v) is 5.63. The van der Waals surface area contributed by atoms with Crippen LogP contribution in [0.3, 0.4) is 0 Å². The Kier molecular flexibility index (Phi) is 10.3. The lowest BCUT2D eigenvalue weighted by Crippen LogP contribution is -2.30. The summed E-state index contributed by atoms with van der Waals surface area (Å²) < 4.78 is 0. The minimum Gasteiger partial charge on any atom is -0.321 e. The van der Waals surface area contributed by atoms with Crippen molar-refractivity contribution < 1.29 is 19.3 Å². The zero-order chi connectivity index (χ0) is 32.5. The molecule has 10 nitrogen and oxygen atoms in total. The Labute approximate surface area is 272 Å². The molecule has 0 unspecified atom stereocenters. The molecule has 0 spiro atoms. The monoisotopic (exact) mass is 649 g/mol. The smallest absolute Gasteiger partial charge is 0.276 e. The fraction of sp³-hybridized carbons (Fsp3) is 0.0588. The van der Waals surface area contributed by atoms with Crippen LogP contribution in [0.2, 0.25) is 0 Å².